The first-order valence-corrected chi connectivity index (χ1v) is 11.1. The highest BCUT2D eigenvalue weighted by atomic mass is 16.6. The maximum atomic E-state index is 12.2. The fraction of sp³-hybridized carbons (Fsp3) is 0.909. The lowest BCUT2D eigenvalue weighted by atomic mass is 10.1. The third-order valence-corrected chi connectivity index (χ3v) is 4.67. The molecule has 0 aliphatic carbocycles. The van der Waals surface area contributed by atoms with E-state index in [0.29, 0.717) is 13.2 Å². The standard InChI is InChI=1S/C22H43NO4/c1-5-7-9-10-11-12-13-14-15-16-18-26-21(24)20(19(3)4)23-22(25)27-17-8-6-2/h19-20H,5-18H2,1-4H3,(H,23,25)/t20-/m0/s1. The molecule has 5 heteroatoms. The van der Waals surface area contributed by atoms with E-state index in [4.69, 9.17) is 9.47 Å². The van der Waals surface area contributed by atoms with Crippen molar-refractivity contribution in [1.82, 2.24) is 5.32 Å². The van der Waals surface area contributed by atoms with Gasteiger partial charge < -0.3 is 14.8 Å². The number of amides is 1. The van der Waals surface area contributed by atoms with Crippen LogP contribution in [0.2, 0.25) is 0 Å². The summed E-state index contributed by atoms with van der Waals surface area (Å²) in [6.45, 7) is 8.85. The molecular formula is C22H43NO4. The molecule has 160 valence electrons. The van der Waals surface area contributed by atoms with Gasteiger partial charge >= 0.3 is 12.1 Å². The van der Waals surface area contributed by atoms with Crippen LogP contribution in [0, 0.1) is 5.92 Å². The smallest absolute Gasteiger partial charge is 0.407 e. The molecule has 0 aromatic carbocycles. The van der Waals surface area contributed by atoms with Crippen LogP contribution in [0.1, 0.15) is 105 Å². The fourth-order valence-electron chi connectivity index (χ4n) is 2.83. The van der Waals surface area contributed by atoms with E-state index in [2.05, 4.69) is 12.2 Å². The van der Waals surface area contributed by atoms with E-state index in [1.165, 1.54) is 51.4 Å². The highest BCUT2D eigenvalue weighted by molar-refractivity contribution is 5.81. The molecule has 0 aromatic heterocycles. The molecule has 0 unspecified atom stereocenters. The molecule has 0 aromatic rings. The van der Waals surface area contributed by atoms with Crippen molar-refractivity contribution in [2.45, 2.75) is 111 Å². The molecule has 1 N–H and O–H groups in total. The van der Waals surface area contributed by atoms with E-state index in [1.54, 1.807) is 0 Å². The lowest BCUT2D eigenvalue weighted by Gasteiger charge is -2.20. The van der Waals surface area contributed by atoms with Gasteiger partial charge in [0, 0.05) is 0 Å². The van der Waals surface area contributed by atoms with E-state index in [9.17, 15) is 9.59 Å². The average molecular weight is 386 g/mol. The average Bonchev–Trinajstić information content (AvgIpc) is 2.64. The van der Waals surface area contributed by atoms with Crippen molar-refractivity contribution in [3.05, 3.63) is 0 Å². The summed E-state index contributed by atoms with van der Waals surface area (Å²) in [6, 6.07) is -0.651. The van der Waals surface area contributed by atoms with Crippen molar-refractivity contribution >= 4 is 12.1 Å². The monoisotopic (exact) mass is 385 g/mol. The van der Waals surface area contributed by atoms with E-state index in [0.717, 1.165) is 25.7 Å². The summed E-state index contributed by atoms with van der Waals surface area (Å²) in [5.41, 5.74) is 0. The molecule has 0 saturated carbocycles. The van der Waals surface area contributed by atoms with E-state index in [-0.39, 0.29) is 11.9 Å². The summed E-state index contributed by atoms with van der Waals surface area (Å²) in [4.78, 5) is 24.0. The number of ether oxygens (including phenoxy) is 2. The van der Waals surface area contributed by atoms with Crippen LogP contribution in [0.5, 0.6) is 0 Å². The Morgan fingerprint density at radius 1 is 0.704 bits per heavy atom. The number of unbranched alkanes of at least 4 members (excludes halogenated alkanes) is 10. The first kappa shape index (κ1) is 25.7. The van der Waals surface area contributed by atoms with Crippen molar-refractivity contribution in [2.24, 2.45) is 5.92 Å². The molecule has 0 saturated heterocycles. The summed E-state index contributed by atoms with van der Waals surface area (Å²) in [7, 11) is 0. The van der Waals surface area contributed by atoms with Crippen LogP contribution in [0.15, 0.2) is 0 Å². The zero-order chi connectivity index (χ0) is 20.3. The lowest BCUT2D eigenvalue weighted by Crippen LogP contribution is -2.45. The summed E-state index contributed by atoms with van der Waals surface area (Å²) in [6.07, 6.45) is 13.7. The predicted octanol–water partition coefficient (Wildman–Crippen LogP) is 6.00. The topological polar surface area (TPSA) is 64.6 Å². The van der Waals surface area contributed by atoms with Crippen LogP contribution in [-0.2, 0) is 14.3 Å². The van der Waals surface area contributed by atoms with Gasteiger partial charge in [0.1, 0.15) is 6.04 Å². The second kappa shape index (κ2) is 18.1. The Hall–Kier alpha value is -1.26. The van der Waals surface area contributed by atoms with Gasteiger partial charge in [0.05, 0.1) is 13.2 Å². The molecule has 0 fully saturated rings. The largest absolute Gasteiger partial charge is 0.464 e. The van der Waals surface area contributed by atoms with Crippen LogP contribution in [0.25, 0.3) is 0 Å². The third kappa shape index (κ3) is 15.5. The van der Waals surface area contributed by atoms with Gasteiger partial charge in [-0.05, 0) is 18.8 Å². The molecule has 0 spiro atoms. The number of nitrogens with one attached hydrogen (secondary N) is 1. The molecule has 0 aliphatic rings. The molecule has 0 heterocycles. The van der Waals surface area contributed by atoms with Gasteiger partial charge in [0.15, 0.2) is 0 Å². The van der Waals surface area contributed by atoms with Gasteiger partial charge in [0.25, 0.3) is 0 Å². The van der Waals surface area contributed by atoms with Crippen LogP contribution < -0.4 is 5.32 Å². The normalized spacial score (nSPS) is 12.0. The van der Waals surface area contributed by atoms with Crippen LogP contribution in [0.3, 0.4) is 0 Å². The first-order chi connectivity index (χ1) is 13.0. The minimum atomic E-state index is -0.651. The maximum Gasteiger partial charge on any atom is 0.407 e. The number of rotatable bonds is 17. The molecule has 0 bridgehead atoms. The SMILES string of the molecule is CCCCCCCCCCCCOC(=O)[C@@H](NC(=O)OCCCC)C(C)C. The van der Waals surface area contributed by atoms with E-state index in [1.807, 2.05) is 20.8 Å². The van der Waals surface area contributed by atoms with Gasteiger partial charge in [-0.15, -0.1) is 0 Å². The number of carbonyl (C=O) groups excluding carboxylic acids is 2. The highest BCUT2D eigenvalue weighted by Crippen LogP contribution is 2.11. The summed E-state index contributed by atoms with van der Waals surface area (Å²) < 4.78 is 10.4. The van der Waals surface area contributed by atoms with Gasteiger partial charge in [-0.3, -0.25) is 0 Å². The molecular weight excluding hydrogens is 342 g/mol. The Bertz CT molecular complexity index is 371. The first-order valence-electron chi connectivity index (χ1n) is 11.1. The van der Waals surface area contributed by atoms with Crippen molar-refractivity contribution in [3.8, 4) is 0 Å². The zero-order valence-corrected chi connectivity index (χ0v) is 18.2. The summed E-state index contributed by atoms with van der Waals surface area (Å²) in [5, 5.41) is 2.63. The maximum absolute atomic E-state index is 12.2. The second-order valence-corrected chi connectivity index (χ2v) is 7.70. The summed E-state index contributed by atoms with van der Waals surface area (Å²) >= 11 is 0. The number of carbonyl (C=O) groups is 2. The Morgan fingerprint density at radius 2 is 1.19 bits per heavy atom. The molecule has 5 nitrogen and oxygen atoms in total. The Morgan fingerprint density at radius 3 is 1.70 bits per heavy atom. The molecule has 0 rings (SSSR count). The second-order valence-electron chi connectivity index (χ2n) is 7.70. The molecule has 1 atom stereocenters. The summed E-state index contributed by atoms with van der Waals surface area (Å²) in [5.74, 6) is -0.405. The molecule has 27 heavy (non-hydrogen) atoms. The van der Waals surface area contributed by atoms with Crippen LogP contribution >= 0.6 is 0 Å². The highest BCUT2D eigenvalue weighted by Gasteiger charge is 2.26. The molecule has 0 aliphatic heterocycles. The van der Waals surface area contributed by atoms with Gasteiger partial charge in [0.2, 0.25) is 0 Å². The Kier molecular flexibility index (Phi) is 17.3. The zero-order valence-electron chi connectivity index (χ0n) is 18.2. The van der Waals surface area contributed by atoms with Gasteiger partial charge in [-0.1, -0.05) is 91.9 Å². The van der Waals surface area contributed by atoms with Crippen molar-refractivity contribution < 1.29 is 19.1 Å². The van der Waals surface area contributed by atoms with Crippen molar-refractivity contribution in [3.63, 3.8) is 0 Å². The Labute approximate surface area is 167 Å². The van der Waals surface area contributed by atoms with Gasteiger partial charge in [-0.2, -0.15) is 0 Å². The predicted molar refractivity (Wildman–Crippen MR) is 111 cm³/mol. The number of alkyl carbamates (subject to hydrolysis) is 1. The number of esters is 1. The van der Waals surface area contributed by atoms with Crippen LogP contribution in [-0.4, -0.2) is 31.3 Å². The van der Waals surface area contributed by atoms with Crippen molar-refractivity contribution in [2.75, 3.05) is 13.2 Å². The van der Waals surface area contributed by atoms with E-state index < -0.39 is 12.1 Å². The van der Waals surface area contributed by atoms with Crippen molar-refractivity contribution in [1.29, 1.82) is 0 Å². The Balaban J connectivity index is 3.78. The molecule has 0 radical (unpaired) electrons. The quantitative estimate of drug-likeness (QED) is 0.246. The lowest BCUT2D eigenvalue weighted by molar-refractivity contribution is -0.147. The number of hydrogen-bond donors (Lipinski definition) is 1. The number of hydrogen-bond acceptors (Lipinski definition) is 4. The van der Waals surface area contributed by atoms with Crippen LogP contribution in [0.4, 0.5) is 4.79 Å². The minimum Gasteiger partial charge on any atom is -0.464 e. The molecule has 1 amide bonds. The minimum absolute atomic E-state index is 0.0380. The fourth-order valence-corrected chi connectivity index (χ4v) is 2.83. The third-order valence-electron chi connectivity index (χ3n) is 4.67. The van der Waals surface area contributed by atoms with E-state index >= 15 is 0 Å². The van der Waals surface area contributed by atoms with Gasteiger partial charge in [-0.25, -0.2) is 9.59 Å².